The number of hydrogen-bond donors (Lipinski definition) is 0. The topological polar surface area (TPSA) is 56.5 Å². The second kappa shape index (κ2) is 6.00. The van der Waals surface area contributed by atoms with E-state index in [1.165, 1.54) is 12.2 Å². The number of rotatable bonds is 3. The van der Waals surface area contributed by atoms with Crippen LogP contribution in [-0.4, -0.2) is 17.9 Å². The Morgan fingerprint density at radius 2 is 2.28 bits per heavy atom. The Kier molecular flexibility index (Phi) is 4.36. The summed E-state index contributed by atoms with van der Waals surface area (Å²) in [5.41, 5.74) is 0. The fraction of sp³-hybridized carbons (Fsp3) is 0.385. The van der Waals surface area contributed by atoms with Crippen LogP contribution in [-0.2, 0) is 14.3 Å². The number of carbonyl (C=O) groups excluding carboxylic acids is 2. The fourth-order valence-electron chi connectivity index (χ4n) is 1.82. The highest BCUT2D eigenvalue weighted by Gasteiger charge is 2.24. The fourth-order valence-corrected chi connectivity index (χ4v) is 2.14. The van der Waals surface area contributed by atoms with Crippen LogP contribution in [0.25, 0.3) is 6.08 Å². The van der Waals surface area contributed by atoms with E-state index < -0.39 is 12.1 Å². The Bertz CT molecular complexity index is 475. The van der Waals surface area contributed by atoms with Crippen LogP contribution in [0.2, 0.25) is 0 Å². The SMILES string of the molecule is O=C(/C=C/c1ccc(Br)o1)OC1CCCCC1=O. The highest BCUT2D eigenvalue weighted by molar-refractivity contribution is 9.10. The molecule has 1 heterocycles. The Morgan fingerprint density at radius 3 is 2.94 bits per heavy atom. The van der Waals surface area contributed by atoms with Crippen LogP contribution in [0.1, 0.15) is 31.4 Å². The average molecular weight is 313 g/mol. The van der Waals surface area contributed by atoms with Crippen LogP contribution < -0.4 is 0 Å². The number of ketones is 1. The van der Waals surface area contributed by atoms with Gasteiger partial charge in [-0.3, -0.25) is 4.79 Å². The summed E-state index contributed by atoms with van der Waals surface area (Å²) in [6, 6.07) is 3.45. The third kappa shape index (κ3) is 3.57. The molecule has 1 unspecified atom stereocenters. The van der Waals surface area contributed by atoms with E-state index in [0.29, 0.717) is 23.3 Å². The van der Waals surface area contributed by atoms with Crippen LogP contribution in [0.5, 0.6) is 0 Å². The molecule has 18 heavy (non-hydrogen) atoms. The average Bonchev–Trinajstić information content (AvgIpc) is 2.76. The second-order valence-electron chi connectivity index (χ2n) is 4.11. The molecule has 0 N–H and O–H groups in total. The Morgan fingerprint density at radius 1 is 1.44 bits per heavy atom. The van der Waals surface area contributed by atoms with E-state index in [1.54, 1.807) is 12.1 Å². The summed E-state index contributed by atoms with van der Waals surface area (Å²) in [4.78, 5) is 23.0. The molecule has 1 fully saturated rings. The summed E-state index contributed by atoms with van der Waals surface area (Å²) in [6.45, 7) is 0. The van der Waals surface area contributed by atoms with Crippen molar-refractivity contribution in [2.24, 2.45) is 0 Å². The molecule has 0 amide bonds. The Balaban J connectivity index is 1.88. The van der Waals surface area contributed by atoms with Gasteiger partial charge in [-0.2, -0.15) is 0 Å². The molecule has 0 spiro atoms. The summed E-state index contributed by atoms with van der Waals surface area (Å²) in [7, 11) is 0. The zero-order valence-electron chi connectivity index (χ0n) is 9.73. The molecule has 1 saturated carbocycles. The van der Waals surface area contributed by atoms with Gasteiger partial charge in [0.2, 0.25) is 0 Å². The van der Waals surface area contributed by atoms with Crippen LogP contribution in [0.15, 0.2) is 27.3 Å². The van der Waals surface area contributed by atoms with E-state index in [0.717, 1.165) is 12.8 Å². The molecule has 1 aromatic rings. The zero-order chi connectivity index (χ0) is 13.0. The third-order valence-corrected chi connectivity index (χ3v) is 3.16. The van der Waals surface area contributed by atoms with Crippen molar-refractivity contribution < 1.29 is 18.7 Å². The Hall–Kier alpha value is -1.36. The third-order valence-electron chi connectivity index (χ3n) is 2.73. The van der Waals surface area contributed by atoms with Gasteiger partial charge in [0.25, 0.3) is 0 Å². The predicted molar refractivity (Wildman–Crippen MR) is 68.8 cm³/mol. The van der Waals surface area contributed by atoms with E-state index >= 15 is 0 Å². The maximum atomic E-state index is 11.5. The van der Waals surface area contributed by atoms with Gasteiger partial charge in [-0.05, 0) is 53.4 Å². The number of Topliss-reactive ketones (excluding diaryl/α,β-unsaturated/α-hetero) is 1. The number of carbonyl (C=O) groups is 2. The van der Waals surface area contributed by atoms with Gasteiger partial charge in [0.05, 0.1) is 0 Å². The van der Waals surface area contributed by atoms with Crippen LogP contribution in [0, 0.1) is 0 Å². The first-order valence-electron chi connectivity index (χ1n) is 5.82. The van der Waals surface area contributed by atoms with Crippen molar-refractivity contribution in [2.45, 2.75) is 31.8 Å². The quantitative estimate of drug-likeness (QED) is 0.635. The molecule has 5 heteroatoms. The van der Waals surface area contributed by atoms with E-state index in [9.17, 15) is 9.59 Å². The van der Waals surface area contributed by atoms with E-state index in [1.807, 2.05) is 0 Å². The minimum Gasteiger partial charge on any atom is -0.451 e. The molecular formula is C13H13BrO4. The van der Waals surface area contributed by atoms with Gasteiger partial charge in [0.1, 0.15) is 5.76 Å². The van der Waals surface area contributed by atoms with Crippen molar-refractivity contribution in [1.82, 2.24) is 0 Å². The minimum atomic E-state index is -0.570. The molecule has 0 aromatic carbocycles. The smallest absolute Gasteiger partial charge is 0.331 e. The predicted octanol–water partition coefficient (Wildman–Crippen LogP) is 3.11. The molecule has 0 radical (unpaired) electrons. The lowest BCUT2D eigenvalue weighted by atomic mass is 9.96. The first-order valence-corrected chi connectivity index (χ1v) is 6.61. The van der Waals surface area contributed by atoms with Gasteiger partial charge in [-0.1, -0.05) is 0 Å². The monoisotopic (exact) mass is 312 g/mol. The lowest BCUT2D eigenvalue weighted by Crippen LogP contribution is -2.29. The minimum absolute atomic E-state index is 0.0174. The number of halogens is 1. The standard InChI is InChI=1S/C13H13BrO4/c14-12-7-5-9(17-12)6-8-13(16)18-11-4-2-1-3-10(11)15/h5-8,11H,1-4H2/b8-6+. The van der Waals surface area contributed by atoms with Crippen molar-refractivity contribution >= 4 is 33.8 Å². The van der Waals surface area contributed by atoms with Gasteiger partial charge >= 0.3 is 5.97 Å². The summed E-state index contributed by atoms with van der Waals surface area (Å²) < 4.78 is 10.9. The van der Waals surface area contributed by atoms with Crippen molar-refractivity contribution in [3.05, 3.63) is 28.6 Å². The number of esters is 1. The molecule has 0 saturated heterocycles. The van der Waals surface area contributed by atoms with E-state index in [-0.39, 0.29) is 5.78 Å². The molecule has 0 bridgehead atoms. The Labute approximate surface area is 113 Å². The number of furan rings is 1. The lowest BCUT2D eigenvalue weighted by Gasteiger charge is -2.19. The van der Waals surface area contributed by atoms with Gasteiger partial charge in [0, 0.05) is 12.5 Å². The summed E-state index contributed by atoms with van der Waals surface area (Å²) in [5.74, 6) is 0.0558. The lowest BCUT2D eigenvalue weighted by molar-refractivity contribution is -0.152. The maximum Gasteiger partial charge on any atom is 0.331 e. The molecule has 1 aliphatic carbocycles. The summed E-state index contributed by atoms with van der Waals surface area (Å²) >= 11 is 3.17. The molecule has 1 aliphatic rings. The second-order valence-corrected chi connectivity index (χ2v) is 4.89. The number of hydrogen-bond acceptors (Lipinski definition) is 4. The van der Waals surface area contributed by atoms with Gasteiger partial charge in [-0.25, -0.2) is 4.79 Å². The van der Waals surface area contributed by atoms with Crippen molar-refractivity contribution in [3.63, 3.8) is 0 Å². The highest BCUT2D eigenvalue weighted by atomic mass is 79.9. The highest BCUT2D eigenvalue weighted by Crippen LogP contribution is 2.18. The van der Waals surface area contributed by atoms with Crippen molar-refractivity contribution in [3.8, 4) is 0 Å². The van der Waals surface area contributed by atoms with E-state index in [4.69, 9.17) is 9.15 Å². The number of ether oxygens (including phenoxy) is 1. The van der Waals surface area contributed by atoms with Gasteiger partial charge in [-0.15, -0.1) is 0 Å². The molecule has 1 aromatic heterocycles. The first kappa shape index (κ1) is 13.1. The van der Waals surface area contributed by atoms with Gasteiger partial charge < -0.3 is 9.15 Å². The molecule has 2 rings (SSSR count). The van der Waals surface area contributed by atoms with E-state index in [2.05, 4.69) is 15.9 Å². The van der Waals surface area contributed by atoms with Crippen LogP contribution in [0.4, 0.5) is 0 Å². The molecule has 4 nitrogen and oxygen atoms in total. The van der Waals surface area contributed by atoms with Crippen molar-refractivity contribution in [2.75, 3.05) is 0 Å². The maximum absolute atomic E-state index is 11.5. The molecule has 1 atom stereocenters. The molecular weight excluding hydrogens is 300 g/mol. The summed E-state index contributed by atoms with van der Waals surface area (Å²) in [5, 5.41) is 0. The van der Waals surface area contributed by atoms with Crippen LogP contribution in [0.3, 0.4) is 0 Å². The zero-order valence-corrected chi connectivity index (χ0v) is 11.3. The van der Waals surface area contributed by atoms with Crippen LogP contribution >= 0.6 is 15.9 Å². The normalized spacial score (nSPS) is 20.3. The summed E-state index contributed by atoms with van der Waals surface area (Å²) in [6.07, 6.45) is 5.17. The van der Waals surface area contributed by atoms with Gasteiger partial charge in [0.15, 0.2) is 16.6 Å². The first-order chi connectivity index (χ1) is 8.65. The van der Waals surface area contributed by atoms with Crippen molar-refractivity contribution in [1.29, 1.82) is 0 Å². The molecule has 0 aliphatic heterocycles. The molecule has 96 valence electrons. The largest absolute Gasteiger partial charge is 0.451 e.